The van der Waals surface area contributed by atoms with E-state index in [-0.39, 0.29) is 23.2 Å². The molecule has 2 N–H and O–H groups in total. The summed E-state index contributed by atoms with van der Waals surface area (Å²) < 4.78 is 30.5. The van der Waals surface area contributed by atoms with Gasteiger partial charge in [-0.1, -0.05) is 37.2 Å². The zero-order valence-electron chi connectivity index (χ0n) is 19.4. The number of nitrogens with zero attached hydrogens (tertiary/aromatic N) is 4. The van der Waals surface area contributed by atoms with E-state index in [0.29, 0.717) is 35.7 Å². The van der Waals surface area contributed by atoms with Gasteiger partial charge in [0.15, 0.2) is 12.4 Å². The number of hydrogen-bond acceptors (Lipinski definition) is 9. The normalized spacial score (nSPS) is 11.6. The summed E-state index contributed by atoms with van der Waals surface area (Å²) in [5, 5.41) is 7.92. The van der Waals surface area contributed by atoms with Gasteiger partial charge < -0.3 is 19.5 Å². The smallest absolute Gasteiger partial charge is 0.268 e. The molecule has 0 radical (unpaired) electrons. The summed E-state index contributed by atoms with van der Waals surface area (Å²) in [7, 11) is 1.50. The molecule has 4 aromatic rings. The molecule has 0 aliphatic carbocycles. The number of nitrogens with two attached hydrogens (primary N) is 1. The Morgan fingerprint density at radius 3 is 2.12 bits per heavy atom. The maximum absolute atomic E-state index is 13.9. The van der Waals surface area contributed by atoms with Gasteiger partial charge in [-0.25, -0.2) is 4.39 Å². The van der Waals surface area contributed by atoms with Crippen molar-refractivity contribution in [2.75, 3.05) is 7.05 Å². The third-order valence-corrected chi connectivity index (χ3v) is 4.80. The molecule has 0 bridgehead atoms. The minimum atomic E-state index is -0.644. The summed E-state index contributed by atoms with van der Waals surface area (Å²) in [5.41, 5.74) is 5.68. The van der Waals surface area contributed by atoms with Crippen LogP contribution in [0.3, 0.4) is 0 Å². The molecule has 0 saturated heterocycles. The summed E-state index contributed by atoms with van der Waals surface area (Å²) in [6.45, 7) is 5.89. The first-order chi connectivity index (χ1) is 16.5. The van der Waals surface area contributed by atoms with Gasteiger partial charge in [-0.2, -0.15) is 9.97 Å². The van der Waals surface area contributed by atoms with Gasteiger partial charge in [0.25, 0.3) is 5.89 Å². The minimum absolute atomic E-state index is 0.0306. The van der Waals surface area contributed by atoms with E-state index in [1.165, 1.54) is 19.2 Å². The largest absolute Gasteiger partial charge is 0.481 e. The van der Waals surface area contributed by atoms with Crippen molar-refractivity contribution in [3.05, 3.63) is 65.6 Å². The quantitative estimate of drug-likeness (QED) is 0.357. The highest BCUT2D eigenvalue weighted by atomic mass is 19.1. The molecule has 0 fully saturated rings. The van der Waals surface area contributed by atoms with E-state index < -0.39 is 11.9 Å². The minimum Gasteiger partial charge on any atom is -0.481 e. The molecule has 0 spiro atoms. The highest BCUT2D eigenvalue weighted by Gasteiger charge is 2.21. The molecule has 34 heavy (non-hydrogen) atoms. The second-order valence-electron chi connectivity index (χ2n) is 7.46. The number of carbonyl (C=O) groups excluding carboxylic acids is 1. The number of ether oxygens (including phenoxy) is 1. The lowest BCUT2D eigenvalue weighted by Crippen LogP contribution is -2.07. The maximum Gasteiger partial charge on any atom is 0.268 e. The average molecular weight is 468 g/mol. The number of aldehydes is 1. The van der Waals surface area contributed by atoms with Crippen molar-refractivity contribution in [3.8, 4) is 28.5 Å². The molecule has 2 aromatic carbocycles. The van der Waals surface area contributed by atoms with Crippen LogP contribution >= 0.6 is 0 Å². The number of hydrogen-bond donors (Lipinski definition) is 1. The van der Waals surface area contributed by atoms with Crippen molar-refractivity contribution in [1.82, 2.24) is 20.3 Å². The van der Waals surface area contributed by atoms with E-state index in [9.17, 15) is 9.18 Å². The molecule has 10 heteroatoms. The van der Waals surface area contributed by atoms with E-state index in [1.54, 1.807) is 18.2 Å². The van der Waals surface area contributed by atoms with Gasteiger partial charge in [0.05, 0.1) is 5.56 Å². The average Bonchev–Trinajstić information content (AvgIpc) is 3.55. The van der Waals surface area contributed by atoms with Crippen LogP contribution in [0.5, 0.6) is 5.75 Å². The van der Waals surface area contributed by atoms with Crippen molar-refractivity contribution in [1.29, 1.82) is 0 Å². The Kier molecular flexibility index (Phi) is 8.20. The Balaban J connectivity index is 0.00000158. The fourth-order valence-electron chi connectivity index (χ4n) is 2.99. The third kappa shape index (κ3) is 5.52. The monoisotopic (exact) mass is 467 g/mol. The fraction of sp³-hybridized carbons (Fsp3) is 0.292. The van der Waals surface area contributed by atoms with Crippen LogP contribution in [0.1, 0.15) is 61.4 Å². The number of rotatable bonds is 8. The SMILES string of the molecule is CCC(Oc1ccc(-c2noc(C(C)C)n2)cc1)c1nc(-c2ccc(C=O)c(F)c2)no1.CN. The first kappa shape index (κ1) is 24.7. The van der Waals surface area contributed by atoms with Gasteiger partial charge in [-0.05, 0) is 49.9 Å². The molecule has 4 rings (SSSR count). The zero-order valence-corrected chi connectivity index (χ0v) is 19.4. The highest BCUT2D eigenvalue weighted by molar-refractivity contribution is 5.76. The molecule has 0 saturated carbocycles. The zero-order chi connectivity index (χ0) is 24.7. The molecule has 1 unspecified atom stereocenters. The molecule has 2 heterocycles. The predicted molar refractivity (Wildman–Crippen MR) is 123 cm³/mol. The molecule has 0 amide bonds. The predicted octanol–water partition coefficient (Wildman–Crippen LogP) is 4.97. The van der Waals surface area contributed by atoms with Crippen LogP contribution in [0.4, 0.5) is 4.39 Å². The standard InChI is InChI=1S/C23H21FN4O4.CH5N/c1-4-19(23-26-21(28-32-23)15-5-6-16(12-29)18(24)11-15)30-17-9-7-14(8-10-17)20-25-22(13(2)3)31-27-20;1-2/h5-13,19H,4H2,1-3H3;2H2,1H3. The summed E-state index contributed by atoms with van der Waals surface area (Å²) in [4.78, 5) is 19.5. The Morgan fingerprint density at radius 2 is 1.56 bits per heavy atom. The highest BCUT2D eigenvalue weighted by Crippen LogP contribution is 2.28. The first-order valence-corrected chi connectivity index (χ1v) is 10.8. The van der Waals surface area contributed by atoms with Crippen LogP contribution in [0.15, 0.2) is 51.5 Å². The van der Waals surface area contributed by atoms with Crippen molar-refractivity contribution in [3.63, 3.8) is 0 Å². The Bertz CT molecular complexity index is 1220. The summed E-state index contributed by atoms with van der Waals surface area (Å²) in [5.74, 6) is 1.70. The van der Waals surface area contributed by atoms with Crippen LogP contribution in [0.2, 0.25) is 0 Å². The molecule has 1 atom stereocenters. The van der Waals surface area contributed by atoms with Crippen LogP contribution in [0.25, 0.3) is 22.8 Å². The number of halogens is 1. The van der Waals surface area contributed by atoms with Crippen LogP contribution in [-0.4, -0.2) is 33.6 Å². The van der Waals surface area contributed by atoms with Crippen LogP contribution in [-0.2, 0) is 0 Å². The Morgan fingerprint density at radius 1 is 0.971 bits per heavy atom. The lowest BCUT2D eigenvalue weighted by atomic mass is 10.1. The van der Waals surface area contributed by atoms with E-state index in [0.717, 1.165) is 5.56 Å². The van der Waals surface area contributed by atoms with Crippen LogP contribution in [0, 0.1) is 5.82 Å². The van der Waals surface area contributed by atoms with E-state index in [2.05, 4.69) is 26.0 Å². The van der Waals surface area contributed by atoms with Crippen molar-refractivity contribution >= 4 is 6.29 Å². The number of benzene rings is 2. The van der Waals surface area contributed by atoms with E-state index >= 15 is 0 Å². The lowest BCUT2D eigenvalue weighted by molar-refractivity contribution is 0.112. The maximum atomic E-state index is 13.9. The van der Waals surface area contributed by atoms with Crippen molar-refractivity contribution in [2.45, 2.75) is 39.2 Å². The second kappa shape index (κ2) is 11.3. The van der Waals surface area contributed by atoms with Gasteiger partial charge in [0.2, 0.25) is 17.5 Å². The number of carbonyl (C=O) groups is 1. The Labute approximate surface area is 196 Å². The Hall–Kier alpha value is -3.92. The summed E-state index contributed by atoms with van der Waals surface area (Å²) in [6, 6.07) is 11.4. The number of aromatic nitrogens is 4. The topological polar surface area (TPSA) is 130 Å². The summed E-state index contributed by atoms with van der Waals surface area (Å²) >= 11 is 0. The van der Waals surface area contributed by atoms with Gasteiger partial charge in [-0.3, -0.25) is 4.79 Å². The van der Waals surface area contributed by atoms with Crippen molar-refractivity contribution < 1.29 is 23.0 Å². The third-order valence-electron chi connectivity index (χ3n) is 4.80. The second-order valence-corrected chi connectivity index (χ2v) is 7.46. The van der Waals surface area contributed by atoms with Gasteiger partial charge in [-0.15, -0.1) is 0 Å². The van der Waals surface area contributed by atoms with E-state index in [1.807, 2.05) is 32.9 Å². The molecular weight excluding hydrogens is 441 g/mol. The molecule has 0 aliphatic heterocycles. The van der Waals surface area contributed by atoms with E-state index in [4.69, 9.17) is 13.8 Å². The van der Waals surface area contributed by atoms with Crippen molar-refractivity contribution in [2.24, 2.45) is 5.73 Å². The molecule has 178 valence electrons. The van der Waals surface area contributed by atoms with Crippen LogP contribution < -0.4 is 10.5 Å². The summed E-state index contributed by atoms with van der Waals surface area (Å²) in [6.07, 6.45) is 0.540. The van der Waals surface area contributed by atoms with Gasteiger partial charge >= 0.3 is 0 Å². The lowest BCUT2D eigenvalue weighted by Gasteiger charge is -2.13. The fourth-order valence-corrected chi connectivity index (χ4v) is 2.99. The first-order valence-electron chi connectivity index (χ1n) is 10.8. The molecule has 9 nitrogen and oxygen atoms in total. The van der Waals surface area contributed by atoms with Gasteiger partial charge in [0.1, 0.15) is 11.6 Å². The van der Waals surface area contributed by atoms with Gasteiger partial charge in [0, 0.05) is 17.0 Å². The molecule has 2 aromatic heterocycles. The molecular formula is C24H26FN5O4. The molecule has 0 aliphatic rings.